The Morgan fingerprint density at radius 2 is 2.11 bits per heavy atom. The van der Waals surface area contributed by atoms with Crippen LogP contribution in [-0.4, -0.2) is 26.7 Å². The molecule has 0 aliphatic heterocycles. The largest absolute Gasteiger partial charge is 0.465 e. The van der Waals surface area contributed by atoms with E-state index in [0.29, 0.717) is 10.6 Å². The lowest BCUT2D eigenvalue weighted by atomic mass is 10.2. The fraction of sp³-hybridized carbons (Fsp3) is 0.364. The number of hydrogen-bond donors (Lipinski definition) is 1. The number of carbonyl (C=O) groups is 1. The normalized spacial score (nSPS) is 11.2. The average molecular weight is 292 g/mol. The molecule has 0 aromatic heterocycles. The van der Waals surface area contributed by atoms with Crippen molar-refractivity contribution in [2.45, 2.75) is 12.7 Å². The number of ether oxygens (including phenoxy) is 1. The lowest BCUT2D eigenvalue weighted by molar-refractivity contribution is -0.139. The van der Waals surface area contributed by atoms with Gasteiger partial charge in [-0.2, -0.15) is 0 Å². The minimum Gasteiger partial charge on any atom is -0.465 e. The van der Waals surface area contributed by atoms with Crippen molar-refractivity contribution in [1.29, 1.82) is 0 Å². The van der Waals surface area contributed by atoms with Crippen molar-refractivity contribution in [3.8, 4) is 0 Å². The second kappa shape index (κ2) is 6.06. The minimum absolute atomic E-state index is 0.150. The molecule has 0 aliphatic carbocycles. The highest BCUT2D eigenvalue weighted by Crippen LogP contribution is 2.20. The molecule has 1 rings (SSSR count). The highest BCUT2D eigenvalue weighted by atomic mass is 35.5. The molecule has 0 saturated carbocycles. The van der Waals surface area contributed by atoms with Crippen LogP contribution in [-0.2, 0) is 25.1 Å². The summed E-state index contributed by atoms with van der Waals surface area (Å²) in [6.07, 6.45) is 0. The van der Waals surface area contributed by atoms with E-state index in [0.717, 1.165) is 0 Å². The molecule has 0 spiro atoms. The van der Waals surface area contributed by atoms with Gasteiger partial charge >= 0.3 is 5.97 Å². The fourth-order valence-corrected chi connectivity index (χ4v) is 2.83. The maximum atomic E-state index is 11.7. The van der Waals surface area contributed by atoms with Crippen LogP contribution < -0.4 is 5.73 Å². The van der Waals surface area contributed by atoms with Gasteiger partial charge in [0.05, 0.1) is 12.4 Å². The standard InChI is InChI=1S/C11H14ClNO4S/c1-2-17-11(14)7-18(15,16)6-8-3-4-9(12)5-10(8)13/h3-5H,2,6-7,13H2,1H3. The summed E-state index contributed by atoms with van der Waals surface area (Å²) in [7, 11) is -3.59. The number of hydrogen-bond acceptors (Lipinski definition) is 5. The third-order valence-electron chi connectivity index (χ3n) is 2.13. The molecule has 0 fully saturated rings. The molecule has 0 heterocycles. The Bertz CT molecular complexity index is 542. The van der Waals surface area contributed by atoms with E-state index in [1.54, 1.807) is 13.0 Å². The van der Waals surface area contributed by atoms with E-state index in [9.17, 15) is 13.2 Å². The van der Waals surface area contributed by atoms with E-state index in [-0.39, 0.29) is 18.0 Å². The van der Waals surface area contributed by atoms with E-state index in [4.69, 9.17) is 17.3 Å². The maximum Gasteiger partial charge on any atom is 0.321 e. The van der Waals surface area contributed by atoms with Gasteiger partial charge in [-0.15, -0.1) is 0 Å². The Kier molecular flexibility index (Phi) is 4.98. The molecular weight excluding hydrogens is 278 g/mol. The van der Waals surface area contributed by atoms with Crippen molar-refractivity contribution >= 4 is 33.1 Å². The molecule has 2 N–H and O–H groups in total. The predicted molar refractivity (Wildman–Crippen MR) is 70.0 cm³/mol. The zero-order valence-electron chi connectivity index (χ0n) is 9.85. The van der Waals surface area contributed by atoms with Crippen molar-refractivity contribution in [2.75, 3.05) is 18.1 Å². The number of benzene rings is 1. The van der Waals surface area contributed by atoms with Gasteiger partial charge in [-0.1, -0.05) is 17.7 Å². The van der Waals surface area contributed by atoms with Gasteiger partial charge in [0.15, 0.2) is 9.84 Å². The van der Waals surface area contributed by atoms with Gasteiger partial charge in [-0.3, -0.25) is 4.79 Å². The first kappa shape index (κ1) is 14.8. The lowest BCUT2D eigenvalue weighted by Crippen LogP contribution is -2.20. The Morgan fingerprint density at radius 3 is 2.67 bits per heavy atom. The van der Waals surface area contributed by atoms with Gasteiger partial charge in [0.25, 0.3) is 0 Å². The number of halogens is 1. The van der Waals surface area contributed by atoms with Crippen LogP contribution in [0.5, 0.6) is 0 Å². The van der Waals surface area contributed by atoms with Crippen LogP contribution in [0.25, 0.3) is 0 Å². The SMILES string of the molecule is CCOC(=O)CS(=O)(=O)Cc1ccc(Cl)cc1N. The smallest absolute Gasteiger partial charge is 0.321 e. The summed E-state index contributed by atoms with van der Waals surface area (Å²) in [5.74, 6) is -1.72. The Labute approximate surface area is 111 Å². The molecule has 100 valence electrons. The van der Waals surface area contributed by atoms with Crippen LogP contribution in [0.1, 0.15) is 12.5 Å². The van der Waals surface area contributed by atoms with Crippen LogP contribution >= 0.6 is 11.6 Å². The van der Waals surface area contributed by atoms with Gasteiger partial charge < -0.3 is 10.5 Å². The van der Waals surface area contributed by atoms with Crippen LogP contribution in [0, 0.1) is 0 Å². The van der Waals surface area contributed by atoms with Crippen LogP contribution in [0.15, 0.2) is 18.2 Å². The van der Waals surface area contributed by atoms with Crippen molar-refractivity contribution < 1.29 is 17.9 Å². The summed E-state index contributed by atoms with van der Waals surface area (Å²) in [4.78, 5) is 11.1. The van der Waals surface area contributed by atoms with E-state index in [1.807, 2.05) is 0 Å². The zero-order chi connectivity index (χ0) is 13.8. The molecule has 0 amide bonds. The Hall–Kier alpha value is -1.27. The summed E-state index contributed by atoms with van der Waals surface area (Å²) in [5.41, 5.74) is 6.36. The van der Waals surface area contributed by atoms with Crippen molar-refractivity contribution in [3.05, 3.63) is 28.8 Å². The molecular formula is C11H14ClNO4S. The third kappa shape index (κ3) is 4.54. The van der Waals surface area contributed by atoms with Crippen LogP contribution in [0.2, 0.25) is 5.02 Å². The summed E-state index contributed by atoms with van der Waals surface area (Å²) < 4.78 is 28.1. The molecule has 5 nitrogen and oxygen atoms in total. The number of nitrogen functional groups attached to an aromatic ring is 1. The Balaban J connectivity index is 2.79. The van der Waals surface area contributed by atoms with Gasteiger partial charge in [-0.05, 0) is 24.6 Å². The minimum atomic E-state index is -3.59. The van der Waals surface area contributed by atoms with Gasteiger partial charge in [-0.25, -0.2) is 8.42 Å². The summed E-state index contributed by atoms with van der Waals surface area (Å²) in [5, 5.41) is 0.430. The van der Waals surface area contributed by atoms with E-state index < -0.39 is 21.6 Å². The quantitative estimate of drug-likeness (QED) is 0.654. The second-order valence-electron chi connectivity index (χ2n) is 3.68. The highest BCUT2D eigenvalue weighted by molar-refractivity contribution is 7.91. The first-order chi connectivity index (χ1) is 8.34. The maximum absolute atomic E-state index is 11.7. The number of anilines is 1. The van der Waals surface area contributed by atoms with Crippen LogP contribution in [0.4, 0.5) is 5.69 Å². The highest BCUT2D eigenvalue weighted by Gasteiger charge is 2.19. The lowest BCUT2D eigenvalue weighted by Gasteiger charge is -2.07. The molecule has 18 heavy (non-hydrogen) atoms. The summed E-state index contributed by atoms with van der Waals surface area (Å²) in [6, 6.07) is 4.55. The third-order valence-corrected chi connectivity index (χ3v) is 3.79. The number of nitrogens with two attached hydrogens (primary N) is 1. The predicted octanol–water partition coefficient (Wildman–Crippen LogP) is 1.40. The average Bonchev–Trinajstić information content (AvgIpc) is 2.21. The summed E-state index contributed by atoms with van der Waals surface area (Å²) >= 11 is 5.71. The molecule has 7 heteroatoms. The molecule has 0 aliphatic rings. The first-order valence-electron chi connectivity index (χ1n) is 5.24. The van der Waals surface area contributed by atoms with Gasteiger partial charge in [0, 0.05) is 10.7 Å². The molecule has 0 radical (unpaired) electrons. The Morgan fingerprint density at radius 1 is 1.44 bits per heavy atom. The molecule has 0 saturated heterocycles. The monoisotopic (exact) mass is 291 g/mol. The van der Waals surface area contributed by atoms with Crippen LogP contribution in [0.3, 0.4) is 0 Å². The fourth-order valence-electron chi connectivity index (χ4n) is 1.37. The van der Waals surface area contributed by atoms with Gasteiger partial charge in [0.1, 0.15) is 5.75 Å². The summed E-state index contributed by atoms with van der Waals surface area (Å²) in [6.45, 7) is 1.76. The number of rotatable bonds is 5. The zero-order valence-corrected chi connectivity index (χ0v) is 11.4. The van der Waals surface area contributed by atoms with Gasteiger partial charge in [0.2, 0.25) is 0 Å². The number of carbonyl (C=O) groups excluding carboxylic acids is 1. The molecule has 1 aromatic rings. The molecule has 1 aromatic carbocycles. The molecule has 0 bridgehead atoms. The first-order valence-corrected chi connectivity index (χ1v) is 7.44. The van der Waals surface area contributed by atoms with E-state index >= 15 is 0 Å². The van der Waals surface area contributed by atoms with E-state index in [1.165, 1.54) is 12.1 Å². The van der Waals surface area contributed by atoms with Crippen molar-refractivity contribution in [3.63, 3.8) is 0 Å². The second-order valence-corrected chi connectivity index (χ2v) is 6.18. The molecule has 0 atom stereocenters. The topological polar surface area (TPSA) is 86.5 Å². The van der Waals surface area contributed by atoms with E-state index in [2.05, 4.69) is 4.74 Å². The van der Waals surface area contributed by atoms with Crippen molar-refractivity contribution in [1.82, 2.24) is 0 Å². The number of sulfone groups is 1. The molecule has 0 unspecified atom stereocenters. The van der Waals surface area contributed by atoms with Crippen molar-refractivity contribution in [2.24, 2.45) is 0 Å². The number of esters is 1.